The average Bonchev–Trinajstić information content (AvgIpc) is 3.05. The summed E-state index contributed by atoms with van der Waals surface area (Å²) in [5.41, 5.74) is 6.52. The summed E-state index contributed by atoms with van der Waals surface area (Å²) in [5.74, 6) is 0.339. The molecule has 1 aromatic heterocycles. The van der Waals surface area contributed by atoms with Gasteiger partial charge in [0.1, 0.15) is 0 Å². The van der Waals surface area contributed by atoms with E-state index in [1.54, 1.807) is 0 Å². The Morgan fingerprint density at radius 3 is 2.95 bits per heavy atom. The summed E-state index contributed by atoms with van der Waals surface area (Å²) < 4.78 is 0. The van der Waals surface area contributed by atoms with Gasteiger partial charge in [0.05, 0.1) is 0 Å². The molecule has 0 saturated carbocycles. The van der Waals surface area contributed by atoms with Crippen LogP contribution in [-0.4, -0.2) is 10.8 Å². The van der Waals surface area contributed by atoms with Crippen LogP contribution in [0.5, 0.6) is 0 Å². The van der Waals surface area contributed by atoms with Crippen LogP contribution in [0.25, 0.3) is 16.5 Å². The van der Waals surface area contributed by atoms with Gasteiger partial charge in [-0.25, -0.2) is 0 Å². The second-order valence-corrected chi connectivity index (χ2v) is 6.26. The van der Waals surface area contributed by atoms with Crippen LogP contribution in [0.15, 0.2) is 30.0 Å². The number of aromatic amines is 1. The zero-order valence-electron chi connectivity index (χ0n) is 12.0. The molecule has 0 bridgehead atoms. The lowest BCUT2D eigenvalue weighted by Gasteiger charge is -2.34. The molecule has 0 fully saturated rings. The molecule has 1 aromatic carbocycles. The summed E-state index contributed by atoms with van der Waals surface area (Å²) >= 11 is 0. The first-order valence-corrected chi connectivity index (χ1v) is 7.50. The van der Waals surface area contributed by atoms with E-state index in [0.29, 0.717) is 12.2 Å². The van der Waals surface area contributed by atoms with Gasteiger partial charge in [0.2, 0.25) is 0 Å². The molecule has 0 radical (unpaired) electrons. The second-order valence-electron chi connectivity index (χ2n) is 6.26. The van der Waals surface area contributed by atoms with Crippen LogP contribution in [0.1, 0.15) is 44.2 Å². The molecule has 0 saturated heterocycles. The number of H-pyrrole nitrogens is 1. The van der Waals surface area contributed by atoms with Crippen molar-refractivity contribution in [2.24, 2.45) is 5.41 Å². The minimum absolute atomic E-state index is 0.200. The molecule has 2 aromatic rings. The number of ketones is 1. The van der Waals surface area contributed by atoms with Gasteiger partial charge in [-0.05, 0) is 60.6 Å². The maximum Gasteiger partial charge on any atom is 0.158 e. The highest BCUT2D eigenvalue weighted by molar-refractivity contribution is 6.07. The molecular weight excluding hydrogens is 246 g/mol. The third-order valence-corrected chi connectivity index (χ3v) is 5.46. The molecule has 0 spiro atoms. The van der Waals surface area contributed by atoms with E-state index < -0.39 is 0 Å². The summed E-state index contributed by atoms with van der Waals surface area (Å²) in [6.07, 6.45) is 5.95. The van der Waals surface area contributed by atoms with Crippen molar-refractivity contribution in [2.75, 3.05) is 0 Å². The minimum atomic E-state index is 0.200. The molecule has 4 rings (SSSR count). The molecular formula is C18H19NO. The lowest BCUT2D eigenvalue weighted by molar-refractivity contribution is -0.116. The predicted molar refractivity (Wildman–Crippen MR) is 81.6 cm³/mol. The topological polar surface area (TPSA) is 32.9 Å². The Labute approximate surface area is 118 Å². The number of nitrogens with one attached hydrogen (secondary N) is 1. The van der Waals surface area contributed by atoms with Crippen LogP contribution < -0.4 is 0 Å². The average molecular weight is 265 g/mol. The summed E-state index contributed by atoms with van der Waals surface area (Å²) in [6.45, 7) is 4.29. The van der Waals surface area contributed by atoms with E-state index >= 15 is 0 Å². The highest BCUT2D eigenvalue weighted by Gasteiger charge is 2.45. The van der Waals surface area contributed by atoms with Gasteiger partial charge in [0.25, 0.3) is 0 Å². The van der Waals surface area contributed by atoms with Gasteiger partial charge in [-0.1, -0.05) is 13.0 Å². The SMILES string of the molecule is CCC12CCC(=O)C(C)=C1c1ccc3[nH]ccc3c1C2. The maximum absolute atomic E-state index is 12.2. The van der Waals surface area contributed by atoms with E-state index in [0.717, 1.165) is 24.8 Å². The Bertz CT molecular complexity index is 765. The predicted octanol–water partition coefficient (Wildman–Crippen LogP) is 4.26. The fraction of sp³-hybridized carbons (Fsp3) is 0.389. The third-order valence-electron chi connectivity index (χ3n) is 5.46. The van der Waals surface area contributed by atoms with Gasteiger partial charge in [-0.15, -0.1) is 0 Å². The van der Waals surface area contributed by atoms with Crippen molar-refractivity contribution < 1.29 is 4.79 Å². The summed E-state index contributed by atoms with van der Waals surface area (Å²) in [4.78, 5) is 15.5. The van der Waals surface area contributed by atoms with E-state index in [-0.39, 0.29) is 5.41 Å². The van der Waals surface area contributed by atoms with E-state index in [4.69, 9.17) is 0 Å². The number of carbonyl (C=O) groups is 1. The quantitative estimate of drug-likeness (QED) is 0.821. The molecule has 102 valence electrons. The fourth-order valence-corrected chi connectivity index (χ4v) is 4.30. The molecule has 2 aliphatic rings. The molecule has 20 heavy (non-hydrogen) atoms. The number of carbonyl (C=O) groups excluding carboxylic acids is 1. The molecule has 1 unspecified atom stereocenters. The number of allylic oxidation sites excluding steroid dienone is 2. The third kappa shape index (κ3) is 1.32. The molecule has 1 N–H and O–H groups in total. The molecule has 2 nitrogen and oxygen atoms in total. The number of aromatic nitrogens is 1. The van der Waals surface area contributed by atoms with Crippen molar-refractivity contribution in [3.8, 4) is 0 Å². The van der Waals surface area contributed by atoms with Crippen LogP contribution in [-0.2, 0) is 11.2 Å². The van der Waals surface area contributed by atoms with Crippen molar-refractivity contribution in [3.05, 3.63) is 41.1 Å². The van der Waals surface area contributed by atoms with Crippen molar-refractivity contribution in [1.29, 1.82) is 0 Å². The molecule has 1 atom stereocenters. The summed E-state index contributed by atoms with van der Waals surface area (Å²) in [6, 6.07) is 6.54. The fourth-order valence-electron chi connectivity index (χ4n) is 4.30. The molecule has 0 aliphatic heterocycles. The molecule has 1 heterocycles. The Morgan fingerprint density at radius 1 is 1.30 bits per heavy atom. The highest BCUT2D eigenvalue weighted by Crippen LogP contribution is 2.56. The van der Waals surface area contributed by atoms with Crippen LogP contribution in [0.3, 0.4) is 0 Å². The number of hydrogen-bond donors (Lipinski definition) is 1. The van der Waals surface area contributed by atoms with Crippen LogP contribution in [0.4, 0.5) is 0 Å². The van der Waals surface area contributed by atoms with Crippen LogP contribution in [0.2, 0.25) is 0 Å². The van der Waals surface area contributed by atoms with Gasteiger partial charge in [-0.3, -0.25) is 4.79 Å². The minimum Gasteiger partial charge on any atom is -0.361 e. The monoisotopic (exact) mass is 265 g/mol. The Balaban J connectivity index is 2.07. The standard InChI is InChI=1S/C18H19NO/c1-3-18-8-6-16(20)11(2)17(18)13-4-5-15-12(7-9-19-15)14(13)10-18/h4-5,7,9,19H,3,6,8,10H2,1-2H3. The number of fused-ring (bicyclic) bond motifs is 5. The number of Topliss-reactive ketones (excluding diaryl/α,β-unsaturated/α-hetero) is 1. The zero-order chi connectivity index (χ0) is 13.9. The van der Waals surface area contributed by atoms with E-state index in [9.17, 15) is 4.79 Å². The number of benzene rings is 1. The molecule has 0 amide bonds. The zero-order valence-corrected chi connectivity index (χ0v) is 12.0. The normalized spacial score (nSPS) is 25.2. The summed E-state index contributed by atoms with van der Waals surface area (Å²) in [5, 5.41) is 1.33. The molecule has 2 heteroatoms. The first kappa shape index (κ1) is 12.0. The summed E-state index contributed by atoms with van der Waals surface area (Å²) in [7, 11) is 0. The smallest absolute Gasteiger partial charge is 0.158 e. The van der Waals surface area contributed by atoms with E-state index in [2.05, 4.69) is 30.1 Å². The van der Waals surface area contributed by atoms with Crippen molar-refractivity contribution in [3.63, 3.8) is 0 Å². The van der Waals surface area contributed by atoms with Gasteiger partial charge in [-0.2, -0.15) is 0 Å². The maximum atomic E-state index is 12.2. The van der Waals surface area contributed by atoms with E-state index in [1.807, 2.05) is 13.1 Å². The second kappa shape index (κ2) is 3.85. The van der Waals surface area contributed by atoms with Crippen molar-refractivity contribution in [1.82, 2.24) is 4.98 Å². The number of rotatable bonds is 1. The lowest BCUT2D eigenvalue weighted by Crippen LogP contribution is -2.27. The van der Waals surface area contributed by atoms with Crippen LogP contribution >= 0.6 is 0 Å². The van der Waals surface area contributed by atoms with E-state index in [1.165, 1.54) is 27.6 Å². The van der Waals surface area contributed by atoms with Crippen molar-refractivity contribution >= 4 is 22.3 Å². The van der Waals surface area contributed by atoms with Gasteiger partial charge in [0, 0.05) is 28.9 Å². The molecule has 2 aliphatic carbocycles. The Kier molecular flexibility index (Phi) is 2.30. The van der Waals surface area contributed by atoms with Crippen LogP contribution in [0, 0.1) is 5.41 Å². The first-order valence-electron chi connectivity index (χ1n) is 7.50. The van der Waals surface area contributed by atoms with Gasteiger partial charge >= 0.3 is 0 Å². The number of hydrogen-bond acceptors (Lipinski definition) is 1. The first-order chi connectivity index (χ1) is 9.66. The van der Waals surface area contributed by atoms with Gasteiger partial charge in [0.15, 0.2) is 5.78 Å². The Morgan fingerprint density at radius 2 is 2.15 bits per heavy atom. The van der Waals surface area contributed by atoms with Crippen molar-refractivity contribution in [2.45, 2.75) is 39.5 Å². The lowest BCUT2D eigenvalue weighted by atomic mass is 9.68. The highest BCUT2D eigenvalue weighted by atomic mass is 16.1. The Hall–Kier alpha value is -1.83. The largest absolute Gasteiger partial charge is 0.361 e. The van der Waals surface area contributed by atoms with Gasteiger partial charge < -0.3 is 4.98 Å².